The summed E-state index contributed by atoms with van der Waals surface area (Å²) in [7, 11) is 0. The lowest BCUT2D eigenvalue weighted by molar-refractivity contribution is -0.136. The van der Waals surface area contributed by atoms with Gasteiger partial charge >= 0.3 is 5.97 Å². The molecule has 0 bridgehead atoms. The molecule has 2 N–H and O–H groups in total. The Kier molecular flexibility index (Phi) is 7.81. The molecule has 0 aliphatic heterocycles. The van der Waals surface area contributed by atoms with Crippen LogP contribution in [0, 0.1) is 0 Å². The van der Waals surface area contributed by atoms with Crippen molar-refractivity contribution in [1.82, 2.24) is 5.32 Å². The Hall–Kier alpha value is -0.970. The molecule has 0 aromatic rings. The first kappa shape index (κ1) is 14.0. The van der Waals surface area contributed by atoms with Gasteiger partial charge in [0.25, 0.3) is 0 Å². The van der Waals surface area contributed by atoms with Crippen LogP contribution in [-0.4, -0.2) is 29.3 Å². The van der Waals surface area contributed by atoms with Gasteiger partial charge in [-0.15, -0.1) is 11.8 Å². The second-order valence-electron chi connectivity index (χ2n) is 2.98. The highest BCUT2D eigenvalue weighted by molar-refractivity contribution is 8.03. The summed E-state index contributed by atoms with van der Waals surface area (Å²) in [5, 5.41) is 11.2. The predicted molar refractivity (Wildman–Crippen MR) is 61.8 cm³/mol. The molecule has 0 spiro atoms. The predicted octanol–water partition coefficient (Wildman–Crippen LogP) is 1.62. The van der Waals surface area contributed by atoms with Gasteiger partial charge in [0, 0.05) is 25.1 Å². The molecular weight excluding hydrogens is 214 g/mol. The maximum atomic E-state index is 10.9. The zero-order valence-corrected chi connectivity index (χ0v) is 9.73. The van der Waals surface area contributed by atoms with E-state index in [0.29, 0.717) is 19.4 Å². The first-order valence-corrected chi connectivity index (χ1v) is 5.84. The molecule has 0 unspecified atom stereocenters. The van der Waals surface area contributed by atoms with Gasteiger partial charge in [-0.2, -0.15) is 0 Å². The highest BCUT2D eigenvalue weighted by Gasteiger charge is 2.01. The van der Waals surface area contributed by atoms with Crippen LogP contribution in [0.3, 0.4) is 0 Å². The van der Waals surface area contributed by atoms with Crippen LogP contribution in [0.1, 0.15) is 26.2 Å². The van der Waals surface area contributed by atoms with Crippen LogP contribution in [0.4, 0.5) is 0 Å². The summed E-state index contributed by atoms with van der Waals surface area (Å²) < 4.78 is 0. The summed E-state index contributed by atoms with van der Waals surface area (Å²) in [5.74, 6) is -0.0349. The highest BCUT2D eigenvalue weighted by Crippen LogP contribution is 2.17. The fourth-order valence-electron chi connectivity index (χ4n) is 0.829. The number of allylic oxidation sites excluding steroid dienone is 1. The fraction of sp³-hybridized carbons (Fsp3) is 0.600. The quantitative estimate of drug-likeness (QED) is 0.623. The number of carboxylic acids is 1. The maximum Gasteiger partial charge on any atom is 0.303 e. The summed E-state index contributed by atoms with van der Waals surface area (Å²) in [5.41, 5.74) is 0. The van der Waals surface area contributed by atoms with Gasteiger partial charge in [-0.05, 0) is 11.3 Å². The second kappa shape index (κ2) is 8.35. The Morgan fingerprint density at radius 3 is 2.60 bits per heavy atom. The van der Waals surface area contributed by atoms with Crippen molar-refractivity contribution >= 4 is 23.6 Å². The maximum absolute atomic E-state index is 10.9. The molecule has 1 amide bonds. The number of nitrogens with one attached hydrogen (secondary N) is 1. The summed E-state index contributed by atoms with van der Waals surface area (Å²) >= 11 is 1.50. The molecule has 0 aliphatic carbocycles. The van der Waals surface area contributed by atoms with Gasteiger partial charge in [-0.1, -0.05) is 13.5 Å². The summed E-state index contributed by atoms with van der Waals surface area (Å²) in [6.45, 7) is 6.15. The molecular formula is C10H17NO3S. The van der Waals surface area contributed by atoms with Gasteiger partial charge in [0.1, 0.15) is 0 Å². The average Bonchev–Trinajstić information content (AvgIpc) is 2.21. The van der Waals surface area contributed by atoms with E-state index in [0.717, 1.165) is 10.7 Å². The number of carboxylic acid groups (broad SMARTS) is 1. The third-order valence-corrected chi connectivity index (χ3v) is 2.69. The zero-order chi connectivity index (χ0) is 11.7. The van der Waals surface area contributed by atoms with Crippen LogP contribution < -0.4 is 5.32 Å². The van der Waals surface area contributed by atoms with Crippen molar-refractivity contribution in [1.29, 1.82) is 0 Å². The van der Waals surface area contributed by atoms with E-state index in [9.17, 15) is 9.59 Å². The molecule has 0 radical (unpaired) electrons. The molecule has 5 heteroatoms. The largest absolute Gasteiger partial charge is 0.481 e. The molecule has 0 aromatic carbocycles. The topological polar surface area (TPSA) is 66.4 Å². The van der Waals surface area contributed by atoms with Crippen LogP contribution in [0.15, 0.2) is 11.5 Å². The van der Waals surface area contributed by atoms with Crippen LogP contribution in [0.25, 0.3) is 0 Å². The van der Waals surface area contributed by atoms with E-state index >= 15 is 0 Å². The van der Waals surface area contributed by atoms with Crippen LogP contribution in [-0.2, 0) is 9.59 Å². The van der Waals surface area contributed by atoms with E-state index in [-0.39, 0.29) is 12.3 Å². The van der Waals surface area contributed by atoms with Gasteiger partial charge in [0.15, 0.2) is 0 Å². The zero-order valence-electron chi connectivity index (χ0n) is 8.91. The van der Waals surface area contributed by atoms with Crippen molar-refractivity contribution in [2.45, 2.75) is 26.2 Å². The number of hydrogen-bond acceptors (Lipinski definition) is 3. The van der Waals surface area contributed by atoms with Crippen molar-refractivity contribution in [2.75, 3.05) is 12.3 Å². The molecule has 0 saturated heterocycles. The van der Waals surface area contributed by atoms with E-state index in [4.69, 9.17) is 5.11 Å². The lowest BCUT2D eigenvalue weighted by Crippen LogP contribution is -2.24. The minimum absolute atomic E-state index is 0.0340. The summed E-state index contributed by atoms with van der Waals surface area (Å²) in [6, 6.07) is 0. The van der Waals surface area contributed by atoms with E-state index in [2.05, 4.69) is 11.9 Å². The monoisotopic (exact) mass is 231 g/mol. The smallest absolute Gasteiger partial charge is 0.303 e. The number of thioether (sulfide) groups is 1. The Labute approximate surface area is 94.1 Å². The summed E-state index contributed by atoms with van der Waals surface area (Å²) in [6.07, 6.45) is 1.10. The Balaban J connectivity index is 3.39. The second-order valence-corrected chi connectivity index (χ2v) is 4.26. The Morgan fingerprint density at radius 1 is 1.40 bits per heavy atom. The first-order chi connectivity index (χ1) is 7.06. The number of carbonyl (C=O) groups excluding carboxylic acids is 1. The third-order valence-electron chi connectivity index (χ3n) is 1.67. The molecule has 0 fully saturated rings. The van der Waals surface area contributed by atoms with Gasteiger partial charge in [0.05, 0.1) is 0 Å². The lowest BCUT2D eigenvalue weighted by atomic mass is 10.3. The third kappa shape index (κ3) is 9.34. The van der Waals surface area contributed by atoms with Gasteiger partial charge < -0.3 is 10.4 Å². The van der Waals surface area contributed by atoms with Crippen molar-refractivity contribution in [3.05, 3.63) is 11.5 Å². The Bertz CT molecular complexity index is 241. The van der Waals surface area contributed by atoms with Crippen LogP contribution >= 0.6 is 11.8 Å². The fourth-order valence-corrected chi connectivity index (χ4v) is 1.57. The molecule has 0 aliphatic rings. The van der Waals surface area contributed by atoms with Crippen molar-refractivity contribution in [3.63, 3.8) is 0 Å². The number of amides is 1. The number of hydrogen-bond donors (Lipinski definition) is 2. The van der Waals surface area contributed by atoms with Gasteiger partial charge in [-0.3, -0.25) is 9.59 Å². The molecule has 15 heavy (non-hydrogen) atoms. The molecule has 86 valence electrons. The van der Waals surface area contributed by atoms with Crippen molar-refractivity contribution in [2.24, 2.45) is 0 Å². The standard InChI is InChI=1S/C10H17NO3S/c1-3-9(12)11-6-7-15-8(2)4-5-10(13)14/h2-7H2,1H3,(H,11,12)(H,13,14). The van der Waals surface area contributed by atoms with E-state index < -0.39 is 5.97 Å². The van der Waals surface area contributed by atoms with E-state index in [1.165, 1.54) is 11.8 Å². The normalized spacial score (nSPS) is 9.67. The van der Waals surface area contributed by atoms with Crippen molar-refractivity contribution < 1.29 is 14.7 Å². The SMILES string of the molecule is C=C(CCC(=O)O)SCCNC(=O)CC. The average molecular weight is 231 g/mol. The van der Waals surface area contributed by atoms with Gasteiger partial charge in [0.2, 0.25) is 5.91 Å². The number of aliphatic carboxylic acids is 1. The Morgan fingerprint density at radius 2 is 2.07 bits per heavy atom. The highest BCUT2D eigenvalue weighted by atomic mass is 32.2. The molecule has 0 aromatic heterocycles. The molecule has 0 heterocycles. The van der Waals surface area contributed by atoms with E-state index in [1.807, 2.05) is 0 Å². The van der Waals surface area contributed by atoms with Crippen LogP contribution in [0.2, 0.25) is 0 Å². The molecule has 0 rings (SSSR count). The van der Waals surface area contributed by atoms with Crippen molar-refractivity contribution in [3.8, 4) is 0 Å². The van der Waals surface area contributed by atoms with E-state index in [1.54, 1.807) is 6.92 Å². The molecule has 4 nitrogen and oxygen atoms in total. The summed E-state index contributed by atoms with van der Waals surface area (Å²) in [4.78, 5) is 22.0. The minimum Gasteiger partial charge on any atom is -0.481 e. The number of carbonyl (C=O) groups is 2. The lowest BCUT2D eigenvalue weighted by Gasteiger charge is -2.05. The minimum atomic E-state index is -0.809. The number of rotatable bonds is 8. The van der Waals surface area contributed by atoms with Crippen LogP contribution in [0.5, 0.6) is 0 Å². The molecule has 0 atom stereocenters. The molecule has 0 saturated carbocycles. The van der Waals surface area contributed by atoms with Gasteiger partial charge in [-0.25, -0.2) is 0 Å². The first-order valence-electron chi connectivity index (χ1n) is 4.85.